The molecule has 0 fully saturated rings. The van der Waals surface area contributed by atoms with Crippen LogP contribution in [-0.4, -0.2) is 49.8 Å². The molecule has 0 unspecified atom stereocenters. The molecule has 10 heteroatoms. The van der Waals surface area contributed by atoms with Crippen molar-refractivity contribution in [2.75, 3.05) is 0 Å². The molecule has 0 aliphatic heterocycles. The van der Waals surface area contributed by atoms with E-state index in [1.807, 2.05) is 73.3 Å². The first-order chi connectivity index (χ1) is 53.4. The van der Waals surface area contributed by atoms with Gasteiger partial charge in [-0.05, 0) is 153 Å². The highest BCUT2D eigenvalue weighted by Gasteiger charge is 2.17. The van der Waals surface area contributed by atoms with Crippen LogP contribution in [0.4, 0.5) is 0 Å². The number of aromatic nitrogens is 10. The van der Waals surface area contributed by atoms with Gasteiger partial charge in [-0.15, -0.1) is 0 Å². The Hall–Kier alpha value is -14.7. The fraction of sp³-hybridized carbons (Fsp3) is 0. The summed E-state index contributed by atoms with van der Waals surface area (Å²) in [5.41, 5.74) is 25.7. The minimum atomic E-state index is 0.897. The summed E-state index contributed by atoms with van der Waals surface area (Å²) in [6.45, 7) is 0. The molecule has 10 heterocycles. The standard InChI is InChI=1S/2C49H29N5/c1-4-10-42-35(6-1)26-37(29-51-42)44-23-18-31-12-16-36(28-47(31)53-44)43-22-17-30-11-15-34(27-46(30)52-43)38-20-21-41(40-9-3-2-8-39(38)40)45-24-19-33-14-13-32-7-5-25-50-48(32)49(33)54-45;1-2-6-42-38(4-1)26-41(29-51-42)45-21-18-31-8-15-40(28-47(31)53-45)43-20-17-30-7-11-37(27-46(30)52-43)35-12-13-36-25-39(16-14-34(36)24-35)44-22-19-33-10-9-32-5-3-23-50-48(32)49(33)54-44/h2*1-29H. The van der Waals surface area contributed by atoms with Gasteiger partial charge in [-0.3, -0.25) is 19.9 Å². The first kappa shape index (κ1) is 61.9. The van der Waals surface area contributed by atoms with Crippen molar-refractivity contribution in [2.45, 2.75) is 0 Å². The predicted molar refractivity (Wildman–Crippen MR) is 444 cm³/mol. The van der Waals surface area contributed by atoms with E-state index in [2.05, 4.69) is 299 Å². The second kappa shape index (κ2) is 25.6. The summed E-state index contributed by atoms with van der Waals surface area (Å²) in [5, 5.41) is 15.6. The second-order valence-corrected chi connectivity index (χ2v) is 27.6. The van der Waals surface area contributed by atoms with Crippen molar-refractivity contribution in [1.29, 1.82) is 0 Å². The van der Waals surface area contributed by atoms with Crippen LogP contribution >= 0.6 is 0 Å². The Bertz CT molecular complexity index is 7480. The maximum atomic E-state index is 5.20. The Morgan fingerprint density at radius 1 is 0.157 bits per heavy atom. The number of hydrogen-bond donors (Lipinski definition) is 0. The van der Waals surface area contributed by atoms with Gasteiger partial charge in [0.05, 0.1) is 89.3 Å². The van der Waals surface area contributed by atoms with Crippen molar-refractivity contribution >= 4 is 131 Å². The maximum Gasteiger partial charge on any atom is 0.0972 e. The Labute approximate surface area is 618 Å². The van der Waals surface area contributed by atoms with E-state index in [9.17, 15) is 0 Å². The Kier molecular flexibility index (Phi) is 14.7. The minimum Gasteiger partial charge on any atom is -0.256 e. The molecule has 12 aromatic carbocycles. The number of fused-ring (bicyclic) bond motifs is 14. The lowest BCUT2D eigenvalue weighted by atomic mass is 9.93. The number of rotatable bonds is 8. The Morgan fingerprint density at radius 3 is 0.991 bits per heavy atom. The molecule has 22 rings (SSSR count). The third-order valence-corrected chi connectivity index (χ3v) is 21.0. The number of benzene rings is 12. The molecule has 500 valence electrons. The number of pyridine rings is 10. The van der Waals surface area contributed by atoms with E-state index < -0.39 is 0 Å². The lowest BCUT2D eigenvalue weighted by Crippen LogP contribution is -1.91. The van der Waals surface area contributed by atoms with Gasteiger partial charge in [-0.2, -0.15) is 0 Å². The van der Waals surface area contributed by atoms with Crippen LogP contribution in [-0.2, 0) is 0 Å². The SMILES string of the molecule is c1ccc2ncc(-c3ccc4ccc(-c5ccc6ccc(-c7ccc(-c8ccc9ccc%10cccnc%10c9n8)c8ccccc78)cc6n5)cc4n3)cc2c1.c1ccc2ncc(-c3ccc4ccc(-c5ccc6ccc(-c7ccc8cc(-c9ccc%10ccc%11cccnc%11c%10n9)ccc8c7)cc6n5)cc4n3)cc2c1. The number of hydrogen-bond acceptors (Lipinski definition) is 10. The third kappa shape index (κ3) is 11.2. The topological polar surface area (TPSA) is 129 Å². The van der Waals surface area contributed by atoms with E-state index >= 15 is 0 Å². The Balaban J connectivity index is 0.000000138. The highest BCUT2D eigenvalue weighted by atomic mass is 14.8. The van der Waals surface area contributed by atoms with Crippen LogP contribution < -0.4 is 0 Å². The molecule has 0 N–H and O–H groups in total. The molecule has 0 spiro atoms. The molecule has 22 aromatic rings. The van der Waals surface area contributed by atoms with E-state index in [1.165, 1.54) is 16.2 Å². The van der Waals surface area contributed by atoms with Crippen LogP contribution in [0.25, 0.3) is 220 Å². The fourth-order valence-corrected chi connectivity index (χ4v) is 15.3. The van der Waals surface area contributed by atoms with E-state index in [0.717, 1.165) is 204 Å². The molecule has 108 heavy (non-hydrogen) atoms. The van der Waals surface area contributed by atoms with E-state index in [0.29, 0.717) is 0 Å². The van der Waals surface area contributed by atoms with Gasteiger partial charge in [0.2, 0.25) is 0 Å². The first-order valence-corrected chi connectivity index (χ1v) is 36.1. The maximum absolute atomic E-state index is 5.20. The molecule has 10 aromatic heterocycles. The van der Waals surface area contributed by atoms with Gasteiger partial charge in [-0.25, -0.2) is 29.9 Å². The van der Waals surface area contributed by atoms with Crippen LogP contribution in [0.2, 0.25) is 0 Å². The van der Waals surface area contributed by atoms with Gasteiger partial charge in [0.15, 0.2) is 0 Å². The van der Waals surface area contributed by atoms with Crippen LogP contribution in [0.15, 0.2) is 352 Å². The molecular formula is C98H58N10. The van der Waals surface area contributed by atoms with Crippen LogP contribution in [0.3, 0.4) is 0 Å². The average molecular weight is 1380 g/mol. The lowest BCUT2D eigenvalue weighted by Gasteiger charge is -2.13. The largest absolute Gasteiger partial charge is 0.256 e. The quantitative estimate of drug-likeness (QED) is 0.136. The van der Waals surface area contributed by atoms with Gasteiger partial charge in [0.1, 0.15) is 0 Å². The van der Waals surface area contributed by atoms with Gasteiger partial charge in [0, 0.05) is 112 Å². The average Bonchev–Trinajstić information content (AvgIpc) is 0.758. The van der Waals surface area contributed by atoms with Crippen molar-refractivity contribution in [3.63, 3.8) is 0 Å². The van der Waals surface area contributed by atoms with Crippen LogP contribution in [0.5, 0.6) is 0 Å². The molecule has 0 radical (unpaired) electrons. The molecule has 0 aliphatic carbocycles. The predicted octanol–water partition coefficient (Wildman–Crippen LogP) is 24.5. The van der Waals surface area contributed by atoms with Crippen molar-refractivity contribution < 1.29 is 0 Å². The van der Waals surface area contributed by atoms with Crippen molar-refractivity contribution in [1.82, 2.24) is 49.8 Å². The molecule has 0 aliphatic rings. The summed E-state index contributed by atoms with van der Waals surface area (Å²) in [6.07, 6.45) is 7.47. The summed E-state index contributed by atoms with van der Waals surface area (Å²) < 4.78 is 0. The van der Waals surface area contributed by atoms with E-state index in [1.54, 1.807) is 0 Å². The summed E-state index contributed by atoms with van der Waals surface area (Å²) in [5.74, 6) is 0. The van der Waals surface area contributed by atoms with E-state index in [4.69, 9.17) is 29.9 Å². The monoisotopic (exact) mass is 1370 g/mol. The zero-order valence-corrected chi connectivity index (χ0v) is 58.0. The number of nitrogens with zero attached hydrogens (tertiary/aromatic N) is 10. The zero-order chi connectivity index (χ0) is 71.2. The smallest absolute Gasteiger partial charge is 0.0972 e. The van der Waals surface area contributed by atoms with Gasteiger partial charge in [-0.1, -0.05) is 218 Å². The number of para-hydroxylation sites is 2. The molecule has 0 amide bonds. The summed E-state index contributed by atoms with van der Waals surface area (Å²) in [6, 6.07) is 115. The molecule has 10 nitrogen and oxygen atoms in total. The summed E-state index contributed by atoms with van der Waals surface area (Å²) in [4.78, 5) is 49.3. The van der Waals surface area contributed by atoms with Crippen molar-refractivity contribution in [3.8, 4) is 89.8 Å². The Morgan fingerprint density at radius 2 is 0.472 bits per heavy atom. The van der Waals surface area contributed by atoms with Crippen LogP contribution in [0.1, 0.15) is 0 Å². The van der Waals surface area contributed by atoms with E-state index in [-0.39, 0.29) is 0 Å². The minimum absolute atomic E-state index is 0.897. The van der Waals surface area contributed by atoms with Crippen LogP contribution in [0, 0.1) is 0 Å². The van der Waals surface area contributed by atoms with Crippen molar-refractivity contribution in [3.05, 3.63) is 352 Å². The van der Waals surface area contributed by atoms with Gasteiger partial charge >= 0.3 is 0 Å². The first-order valence-electron chi connectivity index (χ1n) is 36.1. The molecular weight excluding hydrogens is 1320 g/mol. The lowest BCUT2D eigenvalue weighted by molar-refractivity contribution is 1.35. The molecule has 0 bridgehead atoms. The van der Waals surface area contributed by atoms with Gasteiger partial charge in [0.25, 0.3) is 0 Å². The fourth-order valence-electron chi connectivity index (χ4n) is 15.3. The normalized spacial score (nSPS) is 11.7. The summed E-state index contributed by atoms with van der Waals surface area (Å²) >= 11 is 0. The molecule has 0 saturated carbocycles. The highest BCUT2D eigenvalue weighted by molar-refractivity contribution is 6.09. The highest BCUT2D eigenvalue weighted by Crippen LogP contribution is 2.40. The zero-order valence-electron chi connectivity index (χ0n) is 58.0. The summed E-state index contributed by atoms with van der Waals surface area (Å²) in [7, 11) is 0. The van der Waals surface area contributed by atoms with Crippen molar-refractivity contribution in [2.24, 2.45) is 0 Å². The second-order valence-electron chi connectivity index (χ2n) is 27.6. The molecule has 0 atom stereocenters. The third-order valence-electron chi connectivity index (χ3n) is 21.0. The van der Waals surface area contributed by atoms with Gasteiger partial charge < -0.3 is 0 Å². The molecule has 0 saturated heterocycles.